The van der Waals surface area contributed by atoms with Gasteiger partial charge in [-0.05, 0) is 40.2 Å². The third-order valence-electron chi connectivity index (χ3n) is 2.50. The highest BCUT2D eigenvalue weighted by atomic mass is 79.9. The van der Waals surface area contributed by atoms with Crippen molar-refractivity contribution in [1.82, 2.24) is 9.38 Å². The van der Waals surface area contributed by atoms with Gasteiger partial charge in [-0.3, -0.25) is 9.20 Å². The Hall–Kier alpha value is -1.68. The van der Waals surface area contributed by atoms with Crippen LogP contribution in [-0.2, 0) is 0 Å². The first-order valence-electron chi connectivity index (χ1n) is 4.83. The lowest BCUT2D eigenvalue weighted by atomic mass is 10.2. The molecule has 0 bridgehead atoms. The molecule has 4 heteroatoms. The van der Waals surface area contributed by atoms with Gasteiger partial charge in [-0.2, -0.15) is 0 Å². The molecule has 1 aromatic carbocycles. The molecule has 2 aromatic heterocycles. The summed E-state index contributed by atoms with van der Waals surface area (Å²) in [6.45, 7) is 0. The quantitative estimate of drug-likeness (QED) is 0.591. The van der Waals surface area contributed by atoms with E-state index >= 15 is 0 Å². The van der Waals surface area contributed by atoms with Crippen molar-refractivity contribution in [2.45, 2.75) is 0 Å². The first-order valence-corrected chi connectivity index (χ1v) is 5.62. The number of fused-ring (bicyclic) bond motifs is 2. The summed E-state index contributed by atoms with van der Waals surface area (Å²) in [5.74, 6) is 0. The molecule has 3 nitrogen and oxygen atoms in total. The summed E-state index contributed by atoms with van der Waals surface area (Å²) in [6, 6.07) is 11.1. The van der Waals surface area contributed by atoms with Gasteiger partial charge < -0.3 is 0 Å². The van der Waals surface area contributed by atoms with E-state index < -0.39 is 0 Å². The monoisotopic (exact) mass is 274 g/mol. The number of halogens is 1. The smallest absolute Gasteiger partial charge is 0.266 e. The van der Waals surface area contributed by atoms with Crippen LogP contribution in [0.15, 0.2) is 51.9 Å². The number of pyridine rings is 1. The third-order valence-corrected chi connectivity index (χ3v) is 3.16. The average Bonchev–Trinajstić information content (AvgIpc) is 2.29. The molecule has 0 atom stereocenters. The van der Waals surface area contributed by atoms with Crippen LogP contribution in [0.25, 0.3) is 16.6 Å². The highest BCUT2D eigenvalue weighted by Gasteiger charge is 2.06. The van der Waals surface area contributed by atoms with Crippen molar-refractivity contribution in [2.24, 2.45) is 0 Å². The maximum atomic E-state index is 12.2. The van der Waals surface area contributed by atoms with Crippen LogP contribution in [0.5, 0.6) is 0 Å². The van der Waals surface area contributed by atoms with Crippen LogP contribution in [0.3, 0.4) is 0 Å². The number of benzene rings is 1. The fourth-order valence-electron chi connectivity index (χ4n) is 1.76. The molecule has 0 N–H and O–H groups in total. The number of hydrogen-bond acceptors (Lipinski definition) is 2. The minimum Gasteiger partial charge on any atom is -0.268 e. The number of rotatable bonds is 0. The Morgan fingerprint density at radius 1 is 1.12 bits per heavy atom. The Morgan fingerprint density at radius 3 is 2.88 bits per heavy atom. The van der Waals surface area contributed by atoms with Crippen molar-refractivity contribution in [2.75, 3.05) is 0 Å². The maximum Gasteiger partial charge on any atom is 0.266 e. The van der Waals surface area contributed by atoms with E-state index in [0.717, 1.165) is 4.47 Å². The van der Waals surface area contributed by atoms with Crippen molar-refractivity contribution >= 4 is 32.5 Å². The van der Waals surface area contributed by atoms with Gasteiger partial charge >= 0.3 is 0 Å². The van der Waals surface area contributed by atoms with Crippen molar-refractivity contribution in [3.8, 4) is 0 Å². The van der Waals surface area contributed by atoms with E-state index in [4.69, 9.17) is 0 Å². The molecule has 0 aliphatic carbocycles. The van der Waals surface area contributed by atoms with E-state index in [1.54, 1.807) is 10.6 Å². The molecular formula is C12H7BrN2O. The second-order valence-corrected chi connectivity index (χ2v) is 4.33. The van der Waals surface area contributed by atoms with Crippen LogP contribution in [0.2, 0.25) is 0 Å². The van der Waals surface area contributed by atoms with Gasteiger partial charge in [-0.25, -0.2) is 4.98 Å². The van der Waals surface area contributed by atoms with Gasteiger partial charge in [-0.1, -0.05) is 12.1 Å². The van der Waals surface area contributed by atoms with Gasteiger partial charge in [-0.15, -0.1) is 0 Å². The first kappa shape index (κ1) is 9.54. The highest BCUT2D eigenvalue weighted by Crippen LogP contribution is 2.19. The summed E-state index contributed by atoms with van der Waals surface area (Å²) in [5, 5.41) is 0.617. The second kappa shape index (κ2) is 3.42. The lowest BCUT2D eigenvalue weighted by Crippen LogP contribution is -2.15. The second-order valence-electron chi connectivity index (χ2n) is 3.48. The summed E-state index contributed by atoms with van der Waals surface area (Å²) in [6.07, 6.45) is 1.73. The van der Waals surface area contributed by atoms with Crippen LogP contribution < -0.4 is 5.56 Å². The predicted molar refractivity (Wildman–Crippen MR) is 66.7 cm³/mol. The third kappa shape index (κ3) is 1.27. The number of hydrogen-bond donors (Lipinski definition) is 0. The molecule has 78 valence electrons. The number of nitrogens with zero attached hydrogens (tertiary/aromatic N) is 2. The lowest BCUT2D eigenvalue weighted by Gasteiger charge is -2.03. The van der Waals surface area contributed by atoms with E-state index in [-0.39, 0.29) is 5.56 Å². The Kier molecular flexibility index (Phi) is 2.04. The summed E-state index contributed by atoms with van der Waals surface area (Å²) >= 11 is 3.38. The summed E-state index contributed by atoms with van der Waals surface area (Å²) in [7, 11) is 0. The van der Waals surface area contributed by atoms with Crippen LogP contribution >= 0.6 is 15.9 Å². The van der Waals surface area contributed by atoms with E-state index in [2.05, 4.69) is 20.9 Å². The van der Waals surface area contributed by atoms with Crippen molar-refractivity contribution < 1.29 is 0 Å². The van der Waals surface area contributed by atoms with Gasteiger partial charge in [0.05, 0.1) is 10.9 Å². The fourth-order valence-corrected chi connectivity index (χ4v) is 2.28. The standard InChI is InChI=1S/C12H7BrN2O/c13-8-4-3-5-9-11(8)12(16)15-7-2-1-6-10(15)14-9/h1-7H. The van der Waals surface area contributed by atoms with Crippen LogP contribution in [-0.4, -0.2) is 9.38 Å². The molecule has 0 unspecified atom stereocenters. The molecular weight excluding hydrogens is 268 g/mol. The summed E-state index contributed by atoms with van der Waals surface area (Å²) < 4.78 is 2.33. The fraction of sp³-hybridized carbons (Fsp3) is 0. The molecule has 0 spiro atoms. The SMILES string of the molecule is O=c1c2c(Br)cccc2nc2ccccn12. The topological polar surface area (TPSA) is 34.4 Å². The van der Waals surface area contributed by atoms with Gasteiger partial charge in [0.1, 0.15) is 5.65 Å². The van der Waals surface area contributed by atoms with E-state index in [0.29, 0.717) is 16.6 Å². The molecule has 0 radical (unpaired) electrons. The maximum absolute atomic E-state index is 12.2. The van der Waals surface area contributed by atoms with Gasteiger partial charge in [0.2, 0.25) is 0 Å². The minimum atomic E-state index is -0.0481. The Morgan fingerprint density at radius 2 is 2.00 bits per heavy atom. The Labute approximate surface area is 99.5 Å². The zero-order valence-corrected chi connectivity index (χ0v) is 9.81. The van der Waals surface area contributed by atoms with Crippen molar-refractivity contribution in [3.05, 3.63) is 57.4 Å². The molecule has 0 saturated heterocycles. The van der Waals surface area contributed by atoms with Gasteiger partial charge in [0, 0.05) is 10.7 Å². The minimum absolute atomic E-state index is 0.0481. The predicted octanol–water partition coefficient (Wildman–Crippen LogP) is 2.61. The van der Waals surface area contributed by atoms with E-state index in [1.807, 2.05) is 36.4 Å². The van der Waals surface area contributed by atoms with Gasteiger partial charge in [0.25, 0.3) is 5.56 Å². The van der Waals surface area contributed by atoms with Crippen LogP contribution in [0.4, 0.5) is 0 Å². The molecule has 2 heterocycles. The van der Waals surface area contributed by atoms with Crippen molar-refractivity contribution in [1.29, 1.82) is 0 Å². The number of aromatic nitrogens is 2. The normalized spacial score (nSPS) is 11.1. The Bertz CT molecular complexity index is 749. The van der Waals surface area contributed by atoms with Crippen LogP contribution in [0.1, 0.15) is 0 Å². The molecule has 16 heavy (non-hydrogen) atoms. The molecule has 0 aliphatic rings. The molecule has 3 aromatic rings. The molecule has 0 aliphatic heterocycles. The molecule has 3 rings (SSSR count). The van der Waals surface area contributed by atoms with Gasteiger partial charge in [0.15, 0.2) is 0 Å². The zero-order chi connectivity index (χ0) is 11.1. The molecule has 0 amide bonds. The largest absolute Gasteiger partial charge is 0.268 e. The van der Waals surface area contributed by atoms with E-state index in [9.17, 15) is 4.79 Å². The molecule has 0 fully saturated rings. The van der Waals surface area contributed by atoms with Crippen molar-refractivity contribution in [3.63, 3.8) is 0 Å². The highest BCUT2D eigenvalue weighted by molar-refractivity contribution is 9.10. The van der Waals surface area contributed by atoms with E-state index in [1.165, 1.54) is 0 Å². The Balaban J connectivity index is 2.67. The summed E-state index contributed by atoms with van der Waals surface area (Å²) in [4.78, 5) is 16.6. The van der Waals surface area contributed by atoms with Crippen LogP contribution in [0, 0.1) is 0 Å². The zero-order valence-electron chi connectivity index (χ0n) is 8.22. The average molecular weight is 275 g/mol. The summed E-state index contributed by atoms with van der Waals surface area (Å²) in [5.41, 5.74) is 1.33. The molecule has 0 saturated carbocycles. The first-order chi connectivity index (χ1) is 7.77. The lowest BCUT2D eigenvalue weighted by molar-refractivity contribution is 1.08.